The molecule has 0 amide bonds. The van der Waals surface area contributed by atoms with Gasteiger partial charge in [0, 0.05) is 17.6 Å². The largest absolute Gasteiger partial charge is 0.272 e. The van der Waals surface area contributed by atoms with Gasteiger partial charge >= 0.3 is 0 Å². The summed E-state index contributed by atoms with van der Waals surface area (Å²) >= 11 is 5.98. The van der Waals surface area contributed by atoms with Gasteiger partial charge in [-0.15, -0.1) is 0 Å². The van der Waals surface area contributed by atoms with Gasteiger partial charge in [0.05, 0.1) is 5.69 Å². The quantitative estimate of drug-likeness (QED) is 0.650. The first-order chi connectivity index (χ1) is 13.0. The molecule has 3 rings (SSSR count). The Bertz CT molecular complexity index is 993. The summed E-state index contributed by atoms with van der Waals surface area (Å²) in [5.74, 6) is 0.719. The van der Waals surface area contributed by atoms with Crippen LogP contribution >= 0.6 is 11.6 Å². The van der Waals surface area contributed by atoms with Crippen molar-refractivity contribution in [3.63, 3.8) is 0 Å². The van der Waals surface area contributed by atoms with E-state index < -0.39 is 10.0 Å². The van der Waals surface area contributed by atoms with E-state index in [1.807, 2.05) is 49.4 Å². The maximum Gasteiger partial charge on any atom is 0.272 e. The smallest absolute Gasteiger partial charge is 0.270 e. The molecule has 0 aliphatic heterocycles. The Hall–Kier alpha value is -2.57. The molecule has 5 nitrogen and oxygen atoms in total. The molecule has 0 aliphatic rings. The molecule has 7 heteroatoms. The lowest BCUT2D eigenvalue weighted by Crippen LogP contribution is -2.31. The molecule has 0 saturated carbocycles. The van der Waals surface area contributed by atoms with Crippen molar-refractivity contribution in [2.75, 3.05) is 16.2 Å². The number of aromatic amines is 1. The van der Waals surface area contributed by atoms with E-state index in [0.29, 0.717) is 23.8 Å². The highest BCUT2D eigenvalue weighted by molar-refractivity contribution is 7.92. The van der Waals surface area contributed by atoms with Gasteiger partial charge in [-0.25, -0.2) is 13.4 Å². The summed E-state index contributed by atoms with van der Waals surface area (Å²) in [6, 6.07) is 19.9. The zero-order chi connectivity index (χ0) is 19.3. The summed E-state index contributed by atoms with van der Waals surface area (Å²) in [5.41, 5.74) is 1.68. The van der Waals surface area contributed by atoms with Crippen molar-refractivity contribution in [3.05, 3.63) is 83.5 Å². The number of sulfonamides is 1. The minimum absolute atomic E-state index is 0.210. The van der Waals surface area contributed by atoms with Gasteiger partial charge in [-0.05, 0) is 42.8 Å². The monoisotopic (exact) mass is 402 g/mol. The summed E-state index contributed by atoms with van der Waals surface area (Å²) in [7, 11) is -3.64. The number of benzene rings is 2. The van der Waals surface area contributed by atoms with Gasteiger partial charge in [-0.1, -0.05) is 41.9 Å². The molecule has 0 saturated heterocycles. The normalized spacial score (nSPS) is 11.2. The second-order valence-electron chi connectivity index (χ2n) is 5.93. The number of nitrogens with one attached hydrogen (secondary N) is 2. The molecular formula is C20H21ClN3O2S+. The number of aromatic nitrogens is 1. The third-order valence-corrected chi connectivity index (χ3v) is 6.21. The first-order valence-corrected chi connectivity index (χ1v) is 10.4. The summed E-state index contributed by atoms with van der Waals surface area (Å²) in [6.07, 6.45) is 1.50. The molecule has 0 radical (unpaired) electrons. The molecule has 1 heterocycles. The molecule has 0 unspecified atom stereocenters. The average molecular weight is 403 g/mol. The highest BCUT2D eigenvalue weighted by Gasteiger charge is 2.24. The maximum atomic E-state index is 13.0. The first kappa shape index (κ1) is 19.2. The molecule has 2 aromatic carbocycles. The van der Waals surface area contributed by atoms with Gasteiger partial charge < -0.3 is 0 Å². The summed E-state index contributed by atoms with van der Waals surface area (Å²) in [6.45, 7) is 2.74. The Morgan fingerprint density at radius 1 is 1.04 bits per heavy atom. The van der Waals surface area contributed by atoms with Crippen LogP contribution in [0.4, 0.5) is 11.5 Å². The van der Waals surface area contributed by atoms with Gasteiger partial charge in [0.2, 0.25) is 0 Å². The lowest BCUT2D eigenvalue weighted by molar-refractivity contribution is -0.364. The fourth-order valence-corrected chi connectivity index (χ4v) is 4.39. The van der Waals surface area contributed by atoms with Crippen molar-refractivity contribution in [1.29, 1.82) is 0 Å². The van der Waals surface area contributed by atoms with Gasteiger partial charge in [0.1, 0.15) is 17.6 Å². The van der Waals surface area contributed by atoms with Crippen LogP contribution in [0.3, 0.4) is 0 Å². The Kier molecular flexibility index (Phi) is 5.98. The number of hydrogen-bond donors (Lipinski definition) is 1. The number of nitrogens with zero attached hydrogens (tertiary/aromatic N) is 1. The van der Waals surface area contributed by atoms with E-state index in [0.717, 1.165) is 11.4 Å². The van der Waals surface area contributed by atoms with Crippen LogP contribution in [0.1, 0.15) is 12.5 Å². The second kappa shape index (κ2) is 8.41. The highest BCUT2D eigenvalue weighted by Crippen LogP contribution is 2.22. The maximum absolute atomic E-state index is 13.0. The summed E-state index contributed by atoms with van der Waals surface area (Å²) in [5, 5.41) is 3.90. The molecule has 0 fully saturated rings. The molecule has 0 atom stereocenters. The molecule has 27 heavy (non-hydrogen) atoms. The molecular weight excluding hydrogens is 382 g/mol. The van der Waals surface area contributed by atoms with E-state index in [1.165, 1.54) is 10.5 Å². The van der Waals surface area contributed by atoms with E-state index in [-0.39, 0.29) is 4.90 Å². The number of halogens is 1. The fourth-order valence-electron chi connectivity index (χ4n) is 2.74. The number of para-hydroxylation sites is 1. The summed E-state index contributed by atoms with van der Waals surface area (Å²) < 4.78 is 27.3. The molecule has 0 spiro atoms. The van der Waals surface area contributed by atoms with Crippen molar-refractivity contribution >= 4 is 33.1 Å². The Morgan fingerprint density at radius 2 is 1.81 bits per heavy atom. The van der Waals surface area contributed by atoms with Crippen molar-refractivity contribution in [1.82, 2.24) is 0 Å². The number of hydrogen-bond acceptors (Lipinski definition) is 3. The number of H-pyrrole nitrogens is 1. The third-order valence-electron chi connectivity index (χ3n) is 4.08. The van der Waals surface area contributed by atoms with E-state index in [9.17, 15) is 8.42 Å². The predicted molar refractivity (Wildman–Crippen MR) is 108 cm³/mol. The minimum atomic E-state index is -3.64. The molecule has 2 N–H and O–H groups in total. The van der Waals surface area contributed by atoms with Crippen molar-refractivity contribution in [2.24, 2.45) is 0 Å². The van der Waals surface area contributed by atoms with Crippen molar-refractivity contribution in [2.45, 2.75) is 18.4 Å². The van der Waals surface area contributed by atoms with Crippen LogP contribution in [-0.4, -0.2) is 15.0 Å². The first-order valence-electron chi connectivity index (χ1n) is 8.58. The third kappa shape index (κ3) is 4.59. The van der Waals surface area contributed by atoms with E-state index >= 15 is 0 Å². The zero-order valence-electron chi connectivity index (χ0n) is 14.9. The van der Waals surface area contributed by atoms with Gasteiger partial charge in [0.25, 0.3) is 15.8 Å². The van der Waals surface area contributed by atoms with E-state index in [4.69, 9.17) is 11.6 Å². The van der Waals surface area contributed by atoms with Crippen molar-refractivity contribution < 1.29 is 13.4 Å². The van der Waals surface area contributed by atoms with Gasteiger partial charge in [-0.2, -0.15) is 0 Å². The van der Waals surface area contributed by atoms with Gasteiger partial charge in [0.15, 0.2) is 0 Å². The summed E-state index contributed by atoms with van der Waals surface area (Å²) in [4.78, 5) is 3.22. The van der Waals surface area contributed by atoms with E-state index in [2.05, 4.69) is 10.3 Å². The Labute approximate surface area is 164 Å². The number of rotatable bonds is 7. The molecule has 1 aromatic heterocycles. The number of anilines is 2. The van der Waals surface area contributed by atoms with Crippen molar-refractivity contribution in [3.8, 4) is 0 Å². The van der Waals surface area contributed by atoms with Crippen LogP contribution in [0.5, 0.6) is 0 Å². The predicted octanol–water partition coefficient (Wildman–Crippen LogP) is 3.98. The Morgan fingerprint density at radius 3 is 2.44 bits per heavy atom. The standard InChI is InChI=1S/C20H20ClN3O2S/c1-2-24(18-9-4-3-5-10-18)27(25,26)19-11-12-20(23-15-19)22-14-16-7-6-8-17(21)13-16/h3-13,15H,2,14H2,1H3,(H,22,23)/p+1. The van der Waals surface area contributed by atoms with Crippen LogP contribution in [0.25, 0.3) is 0 Å². The molecule has 0 aliphatic carbocycles. The van der Waals surface area contributed by atoms with Crippen LogP contribution in [0, 0.1) is 0 Å². The topological polar surface area (TPSA) is 63.6 Å². The molecule has 3 aromatic rings. The molecule has 140 valence electrons. The minimum Gasteiger partial charge on any atom is -0.270 e. The van der Waals surface area contributed by atoms with Crippen LogP contribution in [0.15, 0.2) is 77.8 Å². The average Bonchev–Trinajstić information content (AvgIpc) is 2.68. The second-order valence-corrected chi connectivity index (χ2v) is 8.23. The van der Waals surface area contributed by atoms with Gasteiger partial charge in [-0.3, -0.25) is 9.62 Å². The van der Waals surface area contributed by atoms with Crippen LogP contribution in [-0.2, 0) is 16.6 Å². The van der Waals surface area contributed by atoms with E-state index in [1.54, 1.807) is 24.3 Å². The Balaban J connectivity index is 1.75. The lowest BCUT2D eigenvalue weighted by atomic mass is 10.2. The highest BCUT2D eigenvalue weighted by atomic mass is 35.5. The molecule has 0 bridgehead atoms. The lowest BCUT2D eigenvalue weighted by Gasteiger charge is -2.22. The number of pyridine rings is 1. The van der Waals surface area contributed by atoms with Crippen LogP contribution in [0.2, 0.25) is 5.02 Å². The fraction of sp³-hybridized carbons (Fsp3) is 0.150. The zero-order valence-corrected chi connectivity index (χ0v) is 16.5. The SMILES string of the molecule is CCN(c1ccccc1)S(=O)(=O)c1ccc(NCc2cccc(Cl)c2)[nH+]c1. The van der Waals surface area contributed by atoms with Crippen LogP contribution < -0.4 is 14.6 Å².